The van der Waals surface area contributed by atoms with Crippen LogP contribution >= 0.6 is 0 Å². The van der Waals surface area contributed by atoms with E-state index < -0.39 is 5.56 Å². The number of nitrogens with one attached hydrogen (secondary N) is 1. The van der Waals surface area contributed by atoms with Crippen LogP contribution in [0.25, 0.3) is 11.1 Å². The van der Waals surface area contributed by atoms with Crippen molar-refractivity contribution in [3.63, 3.8) is 0 Å². The van der Waals surface area contributed by atoms with Gasteiger partial charge in [0.15, 0.2) is 0 Å². The van der Waals surface area contributed by atoms with Gasteiger partial charge in [-0.2, -0.15) is 0 Å². The Morgan fingerprint density at radius 1 is 1.19 bits per heavy atom. The summed E-state index contributed by atoms with van der Waals surface area (Å²) < 4.78 is 4.68. The minimum absolute atomic E-state index is 0.0243. The van der Waals surface area contributed by atoms with Crippen LogP contribution in [0.4, 0.5) is 0 Å². The van der Waals surface area contributed by atoms with E-state index >= 15 is 0 Å². The maximum absolute atomic E-state index is 11.5. The molecule has 1 heterocycles. The van der Waals surface area contributed by atoms with Crippen LogP contribution in [0, 0.1) is 11.5 Å². The molecule has 1 aromatic carbocycles. The third-order valence-corrected chi connectivity index (χ3v) is 2.15. The van der Waals surface area contributed by atoms with Crippen LogP contribution in [0.2, 0.25) is 0 Å². The standard InChI is InChI=1S/C12H8N2O2/c13-8-16-11-10(6-7-14-12(11)15)9-4-2-1-3-5-9/h1-7H,(H,14,15). The zero-order chi connectivity index (χ0) is 11.4. The van der Waals surface area contributed by atoms with Gasteiger partial charge in [-0.25, -0.2) is 0 Å². The highest BCUT2D eigenvalue weighted by atomic mass is 16.5. The number of rotatable bonds is 2. The molecule has 16 heavy (non-hydrogen) atoms. The van der Waals surface area contributed by atoms with Gasteiger partial charge in [-0.3, -0.25) is 4.79 Å². The molecule has 2 rings (SSSR count). The maximum atomic E-state index is 11.5. The monoisotopic (exact) mass is 212 g/mol. The Morgan fingerprint density at radius 2 is 1.94 bits per heavy atom. The van der Waals surface area contributed by atoms with Crippen LogP contribution < -0.4 is 10.3 Å². The van der Waals surface area contributed by atoms with Crippen molar-refractivity contribution in [2.45, 2.75) is 0 Å². The van der Waals surface area contributed by atoms with E-state index in [0.29, 0.717) is 5.56 Å². The predicted octanol–water partition coefficient (Wildman–Crippen LogP) is 1.90. The Labute approximate surface area is 91.7 Å². The zero-order valence-corrected chi connectivity index (χ0v) is 8.31. The molecule has 0 aliphatic rings. The molecule has 0 saturated heterocycles. The second-order valence-electron chi connectivity index (χ2n) is 3.11. The summed E-state index contributed by atoms with van der Waals surface area (Å²) in [5, 5.41) is 8.49. The number of nitriles is 1. The summed E-state index contributed by atoms with van der Waals surface area (Å²) in [6, 6.07) is 11.0. The molecule has 0 amide bonds. The van der Waals surface area contributed by atoms with Crippen molar-refractivity contribution in [3.8, 4) is 23.1 Å². The van der Waals surface area contributed by atoms with Gasteiger partial charge in [-0.15, -0.1) is 5.26 Å². The first kappa shape index (κ1) is 9.99. The van der Waals surface area contributed by atoms with Crippen LogP contribution in [-0.4, -0.2) is 4.98 Å². The van der Waals surface area contributed by atoms with E-state index in [1.807, 2.05) is 30.3 Å². The largest absolute Gasteiger partial charge is 0.381 e. The van der Waals surface area contributed by atoms with Crippen LogP contribution in [0.15, 0.2) is 47.4 Å². The molecule has 0 spiro atoms. The molecule has 4 nitrogen and oxygen atoms in total. The third-order valence-electron chi connectivity index (χ3n) is 2.15. The summed E-state index contributed by atoms with van der Waals surface area (Å²) >= 11 is 0. The predicted molar refractivity (Wildman–Crippen MR) is 58.7 cm³/mol. The Balaban J connectivity index is 2.62. The first-order valence-corrected chi connectivity index (χ1v) is 4.66. The fourth-order valence-electron chi connectivity index (χ4n) is 1.46. The topological polar surface area (TPSA) is 65.9 Å². The molecule has 2 aromatic rings. The van der Waals surface area contributed by atoms with Crippen molar-refractivity contribution in [1.82, 2.24) is 4.98 Å². The first-order valence-electron chi connectivity index (χ1n) is 4.66. The summed E-state index contributed by atoms with van der Waals surface area (Å²) in [5.41, 5.74) is 1.02. The number of hydrogen-bond acceptors (Lipinski definition) is 3. The second-order valence-corrected chi connectivity index (χ2v) is 3.11. The van der Waals surface area contributed by atoms with E-state index in [-0.39, 0.29) is 5.75 Å². The summed E-state index contributed by atoms with van der Waals surface area (Å²) in [5.74, 6) is 0.0243. The average molecular weight is 212 g/mol. The molecule has 0 atom stereocenters. The van der Waals surface area contributed by atoms with Crippen LogP contribution in [0.3, 0.4) is 0 Å². The molecule has 78 valence electrons. The molecule has 1 N–H and O–H groups in total. The lowest BCUT2D eigenvalue weighted by molar-refractivity contribution is 0.500. The number of H-pyrrole nitrogens is 1. The molecular formula is C12H8N2O2. The number of nitrogens with zero attached hydrogens (tertiary/aromatic N) is 1. The third kappa shape index (κ3) is 1.79. The Kier molecular flexibility index (Phi) is 2.70. The van der Waals surface area contributed by atoms with E-state index in [2.05, 4.69) is 9.72 Å². The molecule has 0 aliphatic carbocycles. The van der Waals surface area contributed by atoms with Gasteiger partial charge < -0.3 is 9.72 Å². The molecule has 0 aliphatic heterocycles. The van der Waals surface area contributed by atoms with Gasteiger partial charge in [0.1, 0.15) is 0 Å². The van der Waals surface area contributed by atoms with E-state index in [1.54, 1.807) is 6.07 Å². The summed E-state index contributed by atoms with van der Waals surface area (Å²) in [6.07, 6.45) is 3.04. The summed E-state index contributed by atoms with van der Waals surface area (Å²) in [7, 11) is 0. The smallest absolute Gasteiger partial charge is 0.292 e. The number of aromatic nitrogens is 1. The molecule has 0 bridgehead atoms. The molecule has 4 heteroatoms. The molecule has 0 unspecified atom stereocenters. The number of hydrogen-bond donors (Lipinski definition) is 1. The van der Waals surface area contributed by atoms with Gasteiger partial charge in [0.25, 0.3) is 11.8 Å². The minimum Gasteiger partial charge on any atom is -0.381 e. The lowest BCUT2D eigenvalue weighted by atomic mass is 10.1. The maximum Gasteiger partial charge on any atom is 0.292 e. The Morgan fingerprint density at radius 3 is 2.62 bits per heavy atom. The quantitative estimate of drug-likeness (QED) is 0.773. The van der Waals surface area contributed by atoms with Crippen LogP contribution in [0.5, 0.6) is 5.75 Å². The highest BCUT2D eigenvalue weighted by Gasteiger charge is 2.09. The van der Waals surface area contributed by atoms with Crippen molar-refractivity contribution >= 4 is 0 Å². The number of aromatic amines is 1. The SMILES string of the molecule is N#COc1c(-c2ccccc2)cc[nH]c1=O. The Hall–Kier alpha value is -2.54. The normalized spacial score (nSPS) is 9.44. The van der Waals surface area contributed by atoms with Gasteiger partial charge in [-0.1, -0.05) is 30.3 Å². The first-order chi connectivity index (χ1) is 7.83. The Bertz CT molecular complexity index is 582. The fourth-order valence-corrected chi connectivity index (χ4v) is 1.46. The van der Waals surface area contributed by atoms with Crippen molar-refractivity contribution in [1.29, 1.82) is 5.26 Å². The molecule has 0 saturated carbocycles. The highest BCUT2D eigenvalue weighted by molar-refractivity contribution is 5.69. The van der Waals surface area contributed by atoms with E-state index in [9.17, 15) is 4.79 Å². The van der Waals surface area contributed by atoms with E-state index in [4.69, 9.17) is 5.26 Å². The van der Waals surface area contributed by atoms with Crippen LogP contribution in [0.1, 0.15) is 0 Å². The van der Waals surface area contributed by atoms with Crippen molar-refractivity contribution < 1.29 is 4.74 Å². The van der Waals surface area contributed by atoms with Gasteiger partial charge in [0, 0.05) is 11.8 Å². The molecule has 0 radical (unpaired) electrons. The fraction of sp³-hybridized carbons (Fsp3) is 0. The van der Waals surface area contributed by atoms with Crippen molar-refractivity contribution in [3.05, 3.63) is 52.9 Å². The number of pyridine rings is 1. The van der Waals surface area contributed by atoms with Gasteiger partial charge in [0.05, 0.1) is 0 Å². The molecule has 0 fully saturated rings. The van der Waals surface area contributed by atoms with Gasteiger partial charge in [0.2, 0.25) is 5.75 Å². The van der Waals surface area contributed by atoms with E-state index in [0.717, 1.165) is 5.56 Å². The van der Waals surface area contributed by atoms with Gasteiger partial charge in [-0.05, 0) is 11.6 Å². The lowest BCUT2D eigenvalue weighted by Gasteiger charge is -2.04. The summed E-state index contributed by atoms with van der Waals surface area (Å²) in [4.78, 5) is 13.9. The van der Waals surface area contributed by atoms with Crippen LogP contribution in [-0.2, 0) is 0 Å². The average Bonchev–Trinajstić information content (AvgIpc) is 2.33. The summed E-state index contributed by atoms with van der Waals surface area (Å²) in [6.45, 7) is 0. The van der Waals surface area contributed by atoms with Gasteiger partial charge >= 0.3 is 0 Å². The van der Waals surface area contributed by atoms with E-state index in [1.165, 1.54) is 12.5 Å². The highest BCUT2D eigenvalue weighted by Crippen LogP contribution is 2.25. The minimum atomic E-state index is -0.414. The van der Waals surface area contributed by atoms with Crippen molar-refractivity contribution in [2.75, 3.05) is 0 Å². The zero-order valence-electron chi connectivity index (χ0n) is 8.31. The van der Waals surface area contributed by atoms with Crippen molar-refractivity contribution in [2.24, 2.45) is 0 Å². The molecular weight excluding hydrogens is 204 g/mol. The lowest BCUT2D eigenvalue weighted by Crippen LogP contribution is -2.09. The molecule has 1 aromatic heterocycles. The number of benzene rings is 1. The number of ether oxygens (including phenoxy) is 1. The second kappa shape index (κ2) is 4.32.